The van der Waals surface area contributed by atoms with Crippen LogP contribution in [0.4, 0.5) is 0 Å². The molecule has 1 aliphatic heterocycles. The molecular formula is C18H26N2O3. The number of ether oxygens (including phenoxy) is 1. The van der Waals surface area contributed by atoms with Crippen LogP contribution >= 0.6 is 0 Å². The molecule has 0 saturated carbocycles. The third kappa shape index (κ3) is 7.77. The van der Waals surface area contributed by atoms with Crippen LogP contribution in [0.25, 0.3) is 0 Å². The highest BCUT2D eigenvalue weighted by molar-refractivity contribution is 5.66. The summed E-state index contributed by atoms with van der Waals surface area (Å²) >= 11 is 0. The Balaban J connectivity index is 1.41. The highest BCUT2D eigenvalue weighted by Gasteiger charge is 2.18. The van der Waals surface area contributed by atoms with Gasteiger partial charge >= 0.3 is 5.97 Å². The summed E-state index contributed by atoms with van der Waals surface area (Å²) < 4.78 is 5.77. The lowest BCUT2D eigenvalue weighted by molar-refractivity contribution is -0.137. The Morgan fingerprint density at radius 2 is 1.65 bits per heavy atom. The average molecular weight is 318 g/mol. The van der Waals surface area contributed by atoms with Crippen molar-refractivity contribution in [2.24, 2.45) is 10.2 Å². The lowest BCUT2D eigenvalue weighted by Gasteiger charge is -2.07. The molecule has 0 atom stereocenters. The summed E-state index contributed by atoms with van der Waals surface area (Å²) in [7, 11) is 0. The van der Waals surface area contributed by atoms with Crippen LogP contribution in [-0.2, 0) is 4.79 Å². The maximum absolute atomic E-state index is 10.4. The molecule has 1 aromatic carbocycles. The standard InChI is InChI=1S/C18H26N2O3/c21-17(22)12-7-5-3-1-2-4-6-8-13-23-16-11-9-10-15(14-16)18-19-20-18/h9-11,14,18H,1-8,12-13H2,(H,21,22). The third-order valence-electron chi connectivity index (χ3n) is 3.94. The minimum atomic E-state index is -0.684. The summed E-state index contributed by atoms with van der Waals surface area (Å²) in [6.45, 7) is 0.751. The average Bonchev–Trinajstić information content (AvgIpc) is 3.37. The Morgan fingerprint density at radius 3 is 2.30 bits per heavy atom. The molecule has 0 radical (unpaired) electrons. The quantitative estimate of drug-likeness (QED) is 0.513. The lowest BCUT2D eigenvalue weighted by Crippen LogP contribution is -1.97. The molecule has 0 fully saturated rings. The summed E-state index contributed by atoms with van der Waals surface area (Å²) in [6.07, 6.45) is 9.24. The number of aliphatic carboxylic acids is 1. The van der Waals surface area contributed by atoms with Gasteiger partial charge < -0.3 is 9.84 Å². The summed E-state index contributed by atoms with van der Waals surface area (Å²) in [6, 6.07) is 8.00. The van der Waals surface area contributed by atoms with Crippen molar-refractivity contribution in [3.05, 3.63) is 29.8 Å². The second kappa shape index (κ2) is 9.98. The molecule has 5 heteroatoms. The van der Waals surface area contributed by atoms with Gasteiger partial charge in [0, 0.05) is 12.0 Å². The summed E-state index contributed by atoms with van der Waals surface area (Å²) in [4.78, 5) is 10.4. The minimum absolute atomic E-state index is 0.0362. The SMILES string of the molecule is O=C(O)CCCCCCCCCCOc1cccc(C2N=N2)c1. The van der Waals surface area contributed by atoms with Crippen molar-refractivity contribution in [3.8, 4) is 5.75 Å². The highest BCUT2D eigenvalue weighted by atomic mass is 16.5. The summed E-state index contributed by atoms with van der Waals surface area (Å²) in [5.74, 6) is 0.217. The number of hydrogen-bond acceptors (Lipinski definition) is 4. The fourth-order valence-electron chi connectivity index (χ4n) is 2.56. The summed E-state index contributed by atoms with van der Waals surface area (Å²) in [5, 5.41) is 16.4. The zero-order valence-electron chi connectivity index (χ0n) is 13.6. The van der Waals surface area contributed by atoms with E-state index in [0.717, 1.165) is 43.6 Å². The van der Waals surface area contributed by atoms with Crippen molar-refractivity contribution < 1.29 is 14.6 Å². The van der Waals surface area contributed by atoms with Crippen LogP contribution in [0.3, 0.4) is 0 Å². The number of carbonyl (C=O) groups is 1. The largest absolute Gasteiger partial charge is 0.494 e. The van der Waals surface area contributed by atoms with E-state index >= 15 is 0 Å². The molecular weight excluding hydrogens is 292 g/mol. The first-order valence-electron chi connectivity index (χ1n) is 8.60. The molecule has 0 bridgehead atoms. The molecule has 0 saturated heterocycles. The zero-order valence-corrected chi connectivity index (χ0v) is 13.6. The molecule has 0 spiro atoms. The predicted octanol–water partition coefficient (Wildman–Crippen LogP) is 5.13. The Labute approximate surface area is 137 Å². The van der Waals surface area contributed by atoms with E-state index in [4.69, 9.17) is 9.84 Å². The number of nitrogens with zero attached hydrogens (tertiary/aromatic N) is 2. The van der Waals surface area contributed by atoms with E-state index in [-0.39, 0.29) is 6.17 Å². The molecule has 1 aromatic rings. The molecule has 0 aliphatic carbocycles. The molecule has 0 unspecified atom stereocenters. The fourth-order valence-corrected chi connectivity index (χ4v) is 2.56. The number of rotatable bonds is 13. The maximum atomic E-state index is 10.4. The van der Waals surface area contributed by atoms with E-state index in [9.17, 15) is 4.79 Å². The van der Waals surface area contributed by atoms with Crippen LogP contribution < -0.4 is 4.74 Å². The van der Waals surface area contributed by atoms with E-state index in [2.05, 4.69) is 10.2 Å². The second-order valence-corrected chi connectivity index (χ2v) is 6.00. The molecule has 0 amide bonds. The number of carboxylic acid groups (broad SMARTS) is 1. The van der Waals surface area contributed by atoms with Crippen LogP contribution in [0.1, 0.15) is 69.5 Å². The summed E-state index contributed by atoms with van der Waals surface area (Å²) in [5.41, 5.74) is 1.10. The van der Waals surface area contributed by atoms with E-state index in [1.807, 2.05) is 24.3 Å². The molecule has 1 N–H and O–H groups in total. The van der Waals surface area contributed by atoms with E-state index in [1.54, 1.807) is 0 Å². The monoisotopic (exact) mass is 318 g/mol. The fraction of sp³-hybridized carbons (Fsp3) is 0.611. The van der Waals surface area contributed by atoms with Crippen molar-refractivity contribution in [1.82, 2.24) is 0 Å². The van der Waals surface area contributed by atoms with E-state index < -0.39 is 5.97 Å². The van der Waals surface area contributed by atoms with Gasteiger partial charge in [-0.3, -0.25) is 4.79 Å². The predicted molar refractivity (Wildman–Crippen MR) is 88.7 cm³/mol. The minimum Gasteiger partial charge on any atom is -0.494 e. The van der Waals surface area contributed by atoms with E-state index in [1.165, 1.54) is 25.7 Å². The number of unbranched alkanes of at least 4 members (excludes halogenated alkanes) is 7. The van der Waals surface area contributed by atoms with Gasteiger partial charge in [-0.2, -0.15) is 10.2 Å². The Morgan fingerprint density at radius 1 is 1.00 bits per heavy atom. The Bertz CT molecular complexity index is 511. The second-order valence-electron chi connectivity index (χ2n) is 6.00. The van der Waals surface area contributed by atoms with Crippen molar-refractivity contribution in [2.75, 3.05) is 6.61 Å². The van der Waals surface area contributed by atoms with Crippen LogP contribution in [0.5, 0.6) is 5.75 Å². The first-order chi connectivity index (χ1) is 11.3. The van der Waals surface area contributed by atoms with E-state index in [0.29, 0.717) is 6.42 Å². The number of benzene rings is 1. The van der Waals surface area contributed by atoms with Gasteiger partial charge in [-0.15, -0.1) is 0 Å². The topological polar surface area (TPSA) is 71.2 Å². The van der Waals surface area contributed by atoms with Crippen molar-refractivity contribution >= 4 is 5.97 Å². The van der Waals surface area contributed by atoms with Crippen molar-refractivity contribution in [1.29, 1.82) is 0 Å². The maximum Gasteiger partial charge on any atom is 0.303 e. The Kier molecular flexibility index (Phi) is 7.57. The number of carboxylic acids is 1. The van der Waals surface area contributed by atoms with Gasteiger partial charge in [0.05, 0.1) is 6.61 Å². The molecule has 126 valence electrons. The van der Waals surface area contributed by atoms with Crippen LogP contribution in [0.2, 0.25) is 0 Å². The molecule has 1 heterocycles. The molecule has 1 aliphatic rings. The van der Waals surface area contributed by atoms with Gasteiger partial charge in [-0.05, 0) is 25.0 Å². The van der Waals surface area contributed by atoms with Crippen molar-refractivity contribution in [2.45, 2.75) is 64.0 Å². The zero-order chi connectivity index (χ0) is 16.3. The van der Waals surface area contributed by atoms with Gasteiger partial charge in [0.15, 0.2) is 0 Å². The first-order valence-corrected chi connectivity index (χ1v) is 8.60. The molecule has 0 aromatic heterocycles. The van der Waals surface area contributed by atoms with Crippen molar-refractivity contribution in [3.63, 3.8) is 0 Å². The van der Waals surface area contributed by atoms with Gasteiger partial charge in [0.2, 0.25) is 6.17 Å². The van der Waals surface area contributed by atoms with Gasteiger partial charge in [0.25, 0.3) is 0 Å². The van der Waals surface area contributed by atoms with Gasteiger partial charge in [-0.25, -0.2) is 0 Å². The van der Waals surface area contributed by atoms with Crippen LogP contribution in [-0.4, -0.2) is 17.7 Å². The first kappa shape index (κ1) is 17.4. The van der Waals surface area contributed by atoms with Crippen LogP contribution in [0.15, 0.2) is 34.5 Å². The molecule has 23 heavy (non-hydrogen) atoms. The van der Waals surface area contributed by atoms with Gasteiger partial charge in [0.1, 0.15) is 5.75 Å². The lowest BCUT2D eigenvalue weighted by atomic mass is 10.1. The highest BCUT2D eigenvalue weighted by Crippen LogP contribution is 2.32. The smallest absolute Gasteiger partial charge is 0.303 e. The molecule has 5 nitrogen and oxygen atoms in total. The third-order valence-corrected chi connectivity index (χ3v) is 3.94. The van der Waals surface area contributed by atoms with Gasteiger partial charge in [-0.1, -0.05) is 50.7 Å². The van der Waals surface area contributed by atoms with Crippen LogP contribution in [0, 0.1) is 0 Å². The normalized spacial score (nSPS) is 13.2. The molecule has 2 rings (SSSR count). The Hall–Kier alpha value is -1.91. The number of hydrogen-bond donors (Lipinski definition) is 1.